The van der Waals surface area contributed by atoms with Crippen LogP contribution in [0, 0.1) is 0 Å². The molecule has 0 aromatic carbocycles. The second kappa shape index (κ2) is 3.33. The van der Waals surface area contributed by atoms with Crippen molar-refractivity contribution in [2.45, 2.75) is 0 Å². The Balaban J connectivity index is 2.13. The maximum atomic E-state index is 5.13. The van der Waals surface area contributed by atoms with E-state index in [1.165, 1.54) is 0 Å². The van der Waals surface area contributed by atoms with E-state index in [1.54, 1.807) is 0 Å². The second-order valence-corrected chi connectivity index (χ2v) is 2.15. The predicted octanol–water partition coefficient (Wildman–Crippen LogP) is 0.206. The van der Waals surface area contributed by atoms with Gasteiger partial charge >= 0.3 is 0 Å². The molecule has 0 radical (unpaired) electrons. The van der Waals surface area contributed by atoms with Gasteiger partial charge in [0.05, 0.1) is 13.2 Å². The van der Waals surface area contributed by atoms with Crippen molar-refractivity contribution < 1.29 is 4.74 Å². The second-order valence-electron chi connectivity index (χ2n) is 1.87. The molecule has 48 valence electrons. The fourth-order valence-corrected chi connectivity index (χ4v) is 1.03. The first kappa shape index (κ1) is 6.39. The Bertz CT molecular complexity index is 63.4. The zero-order chi connectivity index (χ0) is 5.82. The first-order chi connectivity index (χ1) is 3.93. The van der Waals surface area contributed by atoms with E-state index < -0.39 is 0 Å². The summed E-state index contributed by atoms with van der Waals surface area (Å²) < 4.78 is 5.13. The average Bonchev–Trinajstić information content (AvgIpc) is 1.90. The smallest absolute Gasteiger partial charge is 0.0594 e. The molecule has 0 unspecified atom stereocenters. The molecule has 2 nitrogen and oxygen atoms in total. The van der Waals surface area contributed by atoms with E-state index in [2.05, 4.69) is 17.5 Å². The van der Waals surface area contributed by atoms with Crippen molar-refractivity contribution in [3.8, 4) is 0 Å². The third-order valence-corrected chi connectivity index (χ3v) is 1.70. The van der Waals surface area contributed by atoms with Crippen LogP contribution in [0.1, 0.15) is 0 Å². The Labute approximate surface area is 55.2 Å². The summed E-state index contributed by atoms with van der Waals surface area (Å²) in [7, 11) is 0. The number of hydrogen-bond acceptors (Lipinski definition) is 3. The van der Waals surface area contributed by atoms with E-state index in [9.17, 15) is 0 Å². The molecule has 1 saturated heterocycles. The number of morpholine rings is 1. The minimum Gasteiger partial charge on any atom is -0.379 e. The van der Waals surface area contributed by atoms with E-state index in [0.717, 1.165) is 32.2 Å². The molecule has 0 aromatic rings. The van der Waals surface area contributed by atoms with E-state index in [1.807, 2.05) is 0 Å². The highest BCUT2D eigenvalue weighted by Gasteiger charge is 2.06. The van der Waals surface area contributed by atoms with Crippen LogP contribution in [0.15, 0.2) is 0 Å². The van der Waals surface area contributed by atoms with E-state index in [0.29, 0.717) is 0 Å². The molecule has 0 spiro atoms. The van der Waals surface area contributed by atoms with Crippen LogP contribution in [0.2, 0.25) is 0 Å². The first-order valence-electron chi connectivity index (χ1n) is 2.84. The van der Waals surface area contributed by atoms with Crippen LogP contribution in [-0.4, -0.2) is 37.1 Å². The van der Waals surface area contributed by atoms with E-state index >= 15 is 0 Å². The highest BCUT2D eigenvalue weighted by Crippen LogP contribution is 1.95. The Morgan fingerprint density at radius 1 is 1.38 bits per heavy atom. The standard InChI is InChI=1S/C5H11NOS/c8-5-6-1-3-7-4-2-6/h8H,1-5H2. The molecule has 0 N–H and O–H groups in total. The lowest BCUT2D eigenvalue weighted by molar-refractivity contribution is 0.0475. The lowest BCUT2D eigenvalue weighted by Crippen LogP contribution is -2.35. The quantitative estimate of drug-likeness (QED) is 0.513. The summed E-state index contributed by atoms with van der Waals surface area (Å²) in [6.07, 6.45) is 0. The van der Waals surface area contributed by atoms with E-state index in [-0.39, 0.29) is 0 Å². The highest BCUT2D eigenvalue weighted by molar-refractivity contribution is 7.80. The number of rotatable bonds is 1. The third kappa shape index (κ3) is 1.65. The molecule has 0 bridgehead atoms. The fraction of sp³-hybridized carbons (Fsp3) is 1.00. The Morgan fingerprint density at radius 2 is 2.00 bits per heavy atom. The van der Waals surface area contributed by atoms with Crippen molar-refractivity contribution in [2.75, 3.05) is 32.2 Å². The van der Waals surface area contributed by atoms with E-state index in [4.69, 9.17) is 4.74 Å². The molecule has 1 aliphatic rings. The summed E-state index contributed by atoms with van der Waals surface area (Å²) in [6, 6.07) is 0. The SMILES string of the molecule is SCN1CCOCC1. The Kier molecular flexibility index (Phi) is 2.66. The molecule has 1 heterocycles. The molecule has 0 atom stereocenters. The highest BCUT2D eigenvalue weighted by atomic mass is 32.1. The van der Waals surface area contributed by atoms with Crippen LogP contribution in [0.3, 0.4) is 0 Å². The third-order valence-electron chi connectivity index (χ3n) is 1.30. The number of nitrogens with zero attached hydrogens (tertiary/aromatic N) is 1. The Morgan fingerprint density at radius 3 is 2.38 bits per heavy atom. The van der Waals surface area contributed by atoms with Gasteiger partial charge < -0.3 is 4.74 Å². The molecule has 3 heteroatoms. The van der Waals surface area contributed by atoms with Crippen molar-refractivity contribution in [3.05, 3.63) is 0 Å². The van der Waals surface area contributed by atoms with Crippen molar-refractivity contribution in [3.63, 3.8) is 0 Å². The van der Waals surface area contributed by atoms with Crippen molar-refractivity contribution in [1.82, 2.24) is 4.90 Å². The molecule has 0 aromatic heterocycles. The molecule has 1 aliphatic heterocycles. The van der Waals surface area contributed by atoms with Gasteiger partial charge in [-0.1, -0.05) is 0 Å². The van der Waals surface area contributed by atoms with Crippen molar-refractivity contribution in [1.29, 1.82) is 0 Å². The van der Waals surface area contributed by atoms with Gasteiger partial charge in [0.25, 0.3) is 0 Å². The lowest BCUT2D eigenvalue weighted by Gasteiger charge is -2.24. The van der Waals surface area contributed by atoms with Gasteiger partial charge in [0.15, 0.2) is 0 Å². The van der Waals surface area contributed by atoms with Gasteiger partial charge in [0, 0.05) is 19.0 Å². The summed E-state index contributed by atoms with van der Waals surface area (Å²) >= 11 is 4.13. The summed E-state index contributed by atoms with van der Waals surface area (Å²) in [5.41, 5.74) is 0. The minimum absolute atomic E-state index is 0.864. The largest absolute Gasteiger partial charge is 0.379 e. The fourth-order valence-electron chi connectivity index (χ4n) is 0.743. The van der Waals surface area contributed by atoms with Gasteiger partial charge in [-0.15, -0.1) is 0 Å². The summed E-state index contributed by atoms with van der Waals surface area (Å²) in [5.74, 6) is 0.864. The number of hydrogen-bond donors (Lipinski definition) is 1. The minimum atomic E-state index is 0.864. The van der Waals surface area contributed by atoms with Crippen LogP contribution in [0.25, 0.3) is 0 Å². The van der Waals surface area contributed by atoms with Crippen molar-refractivity contribution >= 4 is 12.6 Å². The molecule has 0 amide bonds. The van der Waals surface area contributed by atoms with Gasteiger partial charge in [0.1, 0.15) is 0 Å². The van der Waals surface area contributed by atoms with Crippen LogP contribution in [0.5, 0.6) is 0 Å². The summed E-state index contributed by atoms with van der Waals surface area (Å²) in [4.78, 5) is 2.26. The number of ether oxygens (including phenoxy) is 1. The molecule has 1 rings (SSSR count). The maximum absolute atomic E-state index is 5.13. The van der Waals surface area contributed by atoms with Crippen LogP contribution in [0.4, 0.5) is 0 Å². The summed E-state index contributed by atoms with van der Waals surface area (Å²) in [6.45, 7) is 3.84. The molecular formula is C5H11NOS. The zero-order valence-corrected chi connectivity index (χ0v) is 5.73. The van der Waals surface area contributed by atoms with Gasteiger partial charge in [-0.2, -0.15) is 12.6 Å². The predicted molar refractivity (Wildman–Crippen MR) is 36.2 cm³/mol. The lowest BCUT2D eigenvalue weighted by atomic mass is 10.5. The normalized spacial score (nSPS) is 23.6. The van der Waals surface area contributed by atoms with Gasteiger partial charge in [0.2, 0.25) is 0 Å². The van der Waals surface area contributed by atoms with Crippen LogP contribution in [-0.2, 0) is 4.74 Å². The van der Waals surface area contributed by atoms with Crippen molar-refractivity contribution in [2.24, 2.45) is 0 Å². The van der Waals surface area contributed by atoms with Crippen LogP contribution >= 0.6 is 12.6 Å². The van der Waals surface area contributed by atoms with Gasteiger partial charge in [-0.05, 0) is 0 Å². The first-order valence-corrected chi connectivity index (χ1v) is 3.47. The summed E-state index contributed by atoms with van der Waals surface area (Å²) in [5, 5.41) is 0. The molecule has 1 fully saturated rings. The molecule has 0 aliphatic carbocycles. The zero-order valence-electron chi connectivity index (χ0n) is 4.84. The molecular weight excluding hydrogens is 122 g/mol. The maximum Gasteiger partial charge on any atom is 0.0594 e. The Hall–Kier alpha value is 0.270. The monoisotopic (exact) mass is 133 g/mol. The topological polar surface area (TPSA) is 12.5 Å². The van der Waals surface area contributed by atoms with Gasteiger partial charge in [-0.3, -0.25) is 4.90 Å². The molecule has 0 saturated carbocycles. The van der Waals surface area contributed by atoms with Gasteiger partial charge in [-0.25, -0.2) is 0 Å². The number of thiol groups is 1. The van der Waals surface area contributed by atoms with Crippen LogP contribution < -0.4 is 0 Å². The average molecular weight is 133 g/mol. The molecule has 8 heavy (non-hydrogen) atoms.